The number of nitrogens with zero attached hydrogens (tertiary/aromatic N) is 2. The van der Waals surface area contributed by atoms with Gasteiger partial charge in [-0.3, -0.25) is 9.59 Å². The number of amides is 2. The largest absolute Gasteiger partial charge is 0.378 e. The first-order valence-electron chi connectivity index (χ1n) is 9.57. The van der Waals surface area contributed by atoms with Crippen molar-refractivity contribution < 1.29 is 14.3 Å². The average molecular weight is 412 g/mol. The van der Waals surface area contributed by atoms with Crippen molar-refractivity contribution in [1.82, 2.24) is 4.90 Å². The number of rotatable bonds is 5. The van der Waals surface area contributed by atoms with Crippen molar-refractivity contribution in [3.05, 3.63) is 65.2 Å². The van der Waals surface area contributed by atoms with Gasteiger partial charge in [-0.2, -0.15) is 0 Å². The number of carbonyl (C=O) groups is 2. The van der Waals surface area contributed by atoms with Crippen molar-refractivity contribution in [2.45, 2.75) is 6.42 Å². The van der Waals surface area contributed by atoms with Crippen molar-refractivity contribution in [2.24, 2.45) is 0 Å². The van der Waals surface area contributed by atoms with Crippen LogP contribution >= 0.6 is 11.6 Å². The highest BCUT2D eigenvalue weighted by atomic mass is 35.5. The topological polar surface area (TPSA) is 61.9 Å². The third-order valence-corrected chi connectivity index (χ3v) is 5.42. The normalized spacial score (nSPS) is 16.2. The molecule has 150 valence electrons. The van der Waals surface area contributed by atoms with Crippen LogP contribution in [0.1, 0.15) is 22.3 Å². The van der Waals surface area contributed by atoms with Gasteiger partial charge in [-0.25, -0.2) is 0 Å². The molecular weight excluding hydrogens is 390 g/mol. The molecule has 2 heterocycles. The van der Waals surface area contributed by atoms with Gasteiger partial charge >= 0.3 is 0 Å². The molecule has 4 rings (SSSR count). The highest BCUT2D eigenvalue weighted by Crippen LogP contribution is 2.32. The average Bonchev–Trinajstić information content (AvgIpc) is 2.98. The van der Waals surface area contributed by atoms with Gasteiger partial charge in [-0.05, 0) is 24.3 Å². The Kier molecular flexibility index (Phi) is 5.56. The SMILES string of the molecule is C=C1c2ccccc2C(=O)N1CCC(=O)Nc1cc(Cl)ccc1N1CCOCC1. The summed E-state index contributed by atoms with van der Waals surface area (Å²) in [4.78, 5) is 28.9. The summed E-state index contributed by atoms with van der Waals surface area (Å²) in [7, 11) is 0. The minimum absolute atomic E-state index is 0.116. The fraction of sp³-hybridized carbons (Fsp3) is 0.273. The molecule has 0 atom stereocenters. The van der Waals surface area contributed by atoms with Crippen LogP contribution in [0.4, 0.5) is 11.4 Å². The van der Waals surface area contributed by atoms with E-state index in [1.165, 1.54) is 0 Å². The predicted molar refractivity (Wildman–Crippen MR) is 114 cm³/mol. The number of benzene rings is 2. The molecule has 29 heavy (non-hydrogen) atoms. The number of hydrogen-bond acceptors (Lipinski definition) is 4. The van der Waals surface area contributed by atoms with E-state index >= 15 is 0 Å². The maximum absolute atomic E-state index is 12.6. The summed E-state index contributed by atoms with van der Waals surface area (Å²) in [5, 5.41) is 3.50. The second kappa shape index (κ2) is 8.27. The first-order valence-corrected chi connectivity index (χ1v) is 9.94. The Hall–Kier alpha value is -2.83. The number of morpholine rings is 1. The lowest BCUT2D eigenvalue weighted by molar-refractivity contribution is -0.116. The number of carbonyl (C=O) groups excluding carboxylic acids is 2. The van der Waals surface area contributed by atoms with Crippen LogP contribution in [-0.4, -0.2) is 49.6 Å². The molecule has 2 aromatic carbocycles. The summed E-state index contributed by atoms with van der Waals surface area (Å²) in [6.45, 7) is 7.09. The van der Waals surface area contributed by atoms with Gasteiger partial charge in [-0.1, -0.05) is 36.4 Å². The molecule has 0 aromatic heterocycles. The third kappa shape index (κ3) is 3.99. The summed E-state index contributed by atoms with van der Waals surface area (Å²) in [6, 6.07) is 12.8. The molecule has 2 aromatic rings. The molecule has 7 heteroatoms. The Bertz CT molecular complexity index is 935. The van der Waals surface area contributed by atoms with Gasteiger partial charge in [0.15, 0.2) is 0 Å². The molecule has 2 amide bonds. The van der Waals surface area contributed by atoms with Crippen LogP contribution in [0.3, 0.4) is 0 Å². The first kappa shape index (κ1) is 19.5. The van der Waals surface area contributed by atoms with Crippen LogP contribution in [0.25, 0.3) is 5.70 Å². The van der Waals surface area contributed by atoms with Gasteiger partial charge in [0.25, 0.3) is 5.91 Å². The molecule has 1 fully saturated rings. The summed E-state index contributed by atoms with van der Waals surface area (Å²) in [5.74, 6) is -0.298. The predicted octanol–water partition coefficient (Wildman–Crippen LogP) is 3.63. The standard InChI is InChI=1S/C22H22ClN3O3/c1-15-17-4-2-3-5-18(17)22(28)26(15)9-8-21(27)24-19-14-16(23)6-7-20(19)25-10-12-29-13-11-25/h2-7,14H,1,8-13H2,(H,24,27). The van der Waals surface area contributed by atoms with E-state index in [0.29, 0.717) is 35.2 Å². The van der Waals surface area contributed by atoms with E-state index in [4.69, 9.17) is 16.3 Å². The van der Waals surface area contributed by atoms with Gasteiger partial charge in [0, 0.05) is 47.9 Å². The summed E-state index contributed by atoms with van der Waals surface area (Å²) in [5.41, 5.74) is 3.67. The zero-order chi connectivity index (χ0) is 20.4. The zero-order valence-electron chi connectivity index (χ0n) is 16.0. The van der Waals surface area contributed by atoms with E-state index < -0.39 is 0 Å². The molecule has 2 aliphatic heterocycles. The van der Waals surface area contributed by atoms with Crippen molar-refractivity contribution in [2.75, 3.05) is 43.1 Å². The molecular formula is C22H22ClN3O3. The van der Waals surface area contributed by atoms with Crippen molar-refractivity contribution >= 4 is 40.5 Å². The highest BCUT2D eigenvalue weighted by Gasteiger charge is 2.30. The molecule has 2 aliphatic rings. The van der Waals surface area contributed by atoms with Gasteiger partial charge < -0.3 is 19.9 Å². The van der Waals surface area contributed by atoms with Crippen LogP contribution < -0.4 is 10.2 Å². The molecule has 0 unspecified atom stereocenters. The number of nitrogens with one attached hydrogen (secondary N) is 1. The van der Waals surface area contributed by atoms with E-state index in [1.54, 1.807) is 17.0 Å². The number of fused-ring (bicyclic) bond motifs is 1. The number of hydrogen-bond donors (Lipinski definition) is 1. The monoisotopic (exact) mass is 411 g/mol. The second-order valence-corrected chi connectivity index (χ2v) is 7.44. The second-order valence-electron chi connectivity index (χ2n) is 7.01. The smallest absolute Gasteiger partial charge is 0.258 e. The maximum Gasteiger partial charge on any atom is 0.258 e. The molecule has 0 bridgehead atoms. The van der Waals surface area contributed by atoms with E-state index in [2.05, 4.69) is 16.8 Å². The van der Waals surface area contributed by atoms with Gasteiger partial charge in [0.2, 0.25) is 5.91 Å². The molecule has 0 radical (unpaired) electrons. The van der Waals surface area contributed by atoms with E-state index in [1.807, 2.05) is 30.3 Å². The Morgan fingerprint density at radius 1 is 1.14 bits per heavy atom. The molecule has 1 N–H and O–H groups in total. The lowest BCUT2D eigenvalue weighted by Gasteiger charge is -2.30. The lowest BCUT2D eigenvalue weighted by atomic mass is 10.1. The Balaban J connectivity index is 1.42. The summed E-state index contributed by atoms with van der Waals surface area (Å²) >= 11 is 6.15. The summed E-state index contributed by atoms with van der Waals surface area (Å²) < 4.78 is 5.41. The Labute approximate surface area is 174 Å². The molecule has 0 aliphatic carbocycles. The minimum atomic E-state index is -0.182. The van der Waals surface area contributed by atoms with Crippen LogP contribution in [0, 0.1) is 0 Å². The van der Waals surface area contributed by atoms with Crippen LogP contribution in [0.15, 0.2) is 49.0 Å². The van der Waals surface area contributed by atoms with Crippen LogP contribution in [0.5, 0.6) is 0 Å². The zero-order valence-corrected chi connectivity index (χ0v) is 16.7. The van der Waals surface area contributed by atoms with E-state index in [-0.39, 0.29) is 24.8 Å². The van der Waals surface area contributed by atoms with Crippen LogP contribution in [-0.2, 0) is 9.53 Å². The highest BCUT2D eigenvalue weighted by molar-refractivity contribution is 6.31. The maximum atomic E-state index is 12.6. The summed E-state index contributed by atoms with van der Waals surface area (Å²) in [6.07, 6.45) is 0.161. The Morgan fingerprint density at radius 3 is 2.59 bits per heavy atom. The fourth-order valence-electron chi connectivity index (χ4n) is 3.69. The molecule has 6 nitrogen and oxygen atoms in total. The number of anilines is 2. The minimum Gasteiger partial charge on any atom is -0.378 e. The lowest BCUT2D eigenvalue weighted by Crippen LogP contribution is -2.36. The van der Waals surface area contributed by atoms with Gasteiger partial charge in [0.1, 0.15) is 0 Å². The third-order valence-electron chi connectivity index (χ3n) is 5.19. The van der Waals surface area contributed by atoms with Gasteiger partial charge in [-0.15, -0.1) is 0 Å². The van der Waals surface area contributed by atoms with Gasteiger partial charge in [0.05, 0.1) is 24.6 Å². The molecule has 0 spiro atoms. The molecule has 1 saturated heterocycles. The van der Waals surface area contributed by atoms with Crippen molar-refractivity contribution in [3.63, 3.8) is 0 Å². The van der Waals surface area contributed by atoms with E-state index in [9.17, 15) is 9.59 Å². The number of ether oxygens (including phenoxy) is 1. The van der Waals surface area contributed by atoms with Crippen molar-refractivity contribution in [3.8, 4) is 0 Å². The Morgan fingerprint density at radius 2 is 1.86 bits per heavy atom. The van der Waals surface area contributed by atoms with E-state index in [0.717, 1.165) is 24.3 Å². The number of halogens is 1. The first-order chi connectivity index (χ1) is 14.0. The van der Waals surface area contributed by atoms with Crippen molar-refractivity contribution in [1.29, 1.82) is 0 Å². The quantitative estimate of drug-likeness (QED) is 0.816. The molecule has 0 saturated carbocycles. The fourth-order valence-corrected chi connectivity index (χ4v) is 3.86. The van der Waals surface area contributed by atoms with Crippen LogP contribution in [0.2, 0.25) is 5.02 Å².